The van der Waals surface area contributed by atoms with Crippen LogP contribution in [-0.4, -0.2) is 38.1 Å². The summed E-state index contributed by atoms with van der Waals surface area (Å²) in [5, 5.41) is 4.68. The first-order chi connectivity index (χ1) is 11.6. The Morgan fingerprint density at radius 3 is 2.75 bits per heavy atom. The zero-order valence-electron chi connectivity index (χ0n) is 14.1. The van der Waals surface area contributed by atoms with Gasteiger partial charge in [-0.1, -0.05) is 37.3 Å². The molecular formula is C19H23N3OS. The van der Waals surface area contributed by atoms with Crippen LogP contribution in [0.1, 0.15) is 36.4 Å². The molecular weight excluding hydrogens is 318 g/mol. The lowest BCUT2D eigenvalue weighted by molar-refractivity contribution is -0.135. The van der Waals surface area contributed by atoms with Crippen LogP contribution in [0.4, 0.5) is 0 Å². The fourth-order valence-electron chi connectivity index (χ4n) is 3.85. The maximum atomic E-state index is 13.2. The molecule has 4 nitrogen and oxygen atoms in total. The lowest BCUT2D eigenvalue weighted by Gasteiger charge is -2.40. The molecule has 1 aliphatic carbocycles. The number of aromatic nitrogens is 2. The predicted molar refractivity (Wildman–Crippen MR) is 96.9 cm³/mol. The van der Waals surface area contributed by atoms with Crippen molar-refractivity contribution in [1.82, 2.24) is 14.7 Å². The third-order valence-electron chi connectivity index (χ3n) is 5.18. The molecule has 4 rings (SSSR count). The van der Waals surface area contributed by atoms with Crippen molar-refractivity contribution in [2.45, 2.75) is 30.6 Å². The molecule has 0 spiro atoms. The van der Waals surface area contributed by atoms with E-state index in [1.165, 1.54) is 11.1 Å². The first-order valence-corrected chi connectivity index (χ1v) is 9.65. The molecule has 126 valence electrons. The topological polar surface area (TPSA) is 38.1 Å². The Hall–Kier alpha value is -1.75. The number of benzene rings is 1. The largest absolute Gasteiger partial charge is 0.333 e. The van der Waals surface area contributed by atoms with E-state index >= 15 is 0 Å². The zero-order valence-corrected chi connectivity index (χ0v) is 14.9. The van der Waals surface area contributed by atoms with Crippen molar-refractivity contribution in [3.8, 4) is 0 Å². The molecule has 1 saturated carbocycles. The van der Waals surface area contributed by atoms with Crippen LogP contribution in [-0.2, 0) is 11.8 Å². The lowest BCUT2D eigenvalue weighted by atomic mass is 10.0. The maximum Gasteiger partial charge on any atom is 0.226 e. The molecule has 1 aromatic carbocycles. The van der Waals surface area contributed by atoms with Gasteiger partial charge in [-0.3, -0.25) is 9.48 Å². The number of thioether (sulfide) groups is 1. The number of carbonyl (C=O) groups is 1. The summed E-state index contributed by atoms with van der Waals surface area (Å²) in [6.07, 6.45) is 4.91. The molecule has 2 aromatic rings. The summed E-state index contributed by atoms with van der Waals surface area (Å²) in [6.45, 7) is 3.09. The smallest absolute Gasteiger partial charge is 0.226 e. The Morgan fingerprint density at radius 1 is 1.25 bits per heavy atom. The van der Waals surface area contributed by atoms with Crippen LogP contribution in [0.5, 0.6) is 0 Å². The van der Waals surface area contributed by atoms with Gasteiger partial charge in [-0.2, -0.15) is 16.9 Å². The SMILES string of the molecule is C[C@@H]1SCCN(C(=O)[C@@H]2C[C@H]2c2cnn(C)c2)[C@@H]1c1ccccc1. The van der Waals surface area contributed by atoms with E-state index in [9.17, 15) is 4.79 Å². The van der Waals surface area contributed by atoms with Crippen molar-refractivity contribution < 1.29 is 4.79 Å². The van der Waals surface area contributed by atoms with Crippen molar-refractivity contribution in [2.24, 2.45) is 13.0 Å². The number of carbonyl (C=O) groups excluding carboxylic acids is 1. The maximum absolute atomic E-state index is 13.2. The molecule has 2 fully saturated rings. The first kappa shape index (κ1) is 15.8. The average molecular weight is 341 g/mol. The predicted octanol–water partition coefficient (Wildman–Crippen LogP) is 3.23. The molecule has 1 aliphatic heterocycles. The molecule has 1 amide bonds. The van der Waals surface area contributed by atoms with E-state index in [1.807, 2.05) is 42.0 Å². The second kappa shape index (κ2) is 6.28. The molecule has 2 heterocycles. The molecule has 0 bridgehead atoms. The van der Waals surface area contributed by atoms with Gasteiger partial charge in [0.25, 0.3) is 0 Å². The van der Waals surface area contributed by atoms with Gasteiger partial charge >= 0.3 is 0 Å². The van der Waals surface area contributed by atoms with Gasteiger partial charge in [0.05, 0.1) is 12.2 Å². The van der Waals surface area contributed by atoms with Gasteiger partial charge in [-0.15, -0.1) is 0 Å². The van der Waals surface area contributed by atoms with Crippen LogP contribution in [0.15, 0.2) is 42.7 Å². The molecule has 0 radical (unpaired) electrons. The Morgan fingerprint density at radius 2 is 2.04 bits per heavy atom. The summed E-state index contributed by atoms with van der Waals surface area (Å²) in [6, 6.07) is 10.7. The van der Waals surface area contributed by atoms with Crippen molar-refractivity contribution in [2.75, 3.05) is 12.3 Å². The Kier molecular flexibility index (Phi) is 4.12. The van der Waals surface area contributed by atoms with Crippen molar-refractivity contribution in [1.29, 1.82) is 0 Å². The number of aryl methyl sites for hydroxylation is 1. The van der Waals surface area contributed by atoms with Gasteiger partial charge in [0.15, 0.2) is 0 Å². The lowest BCUT2D eigenvalue weighted by Crippen LogP contribution is -2.44. The van der Waals surface area contributed by atoms with Crippen molar-refractivity contribution >= 4 is 17.7 Å². The molecule has 0 N–H and O–H groups in total. The molecule has 2 aliphatic rings. The van der Waals surface area contributed by atoms with Gasteiger partial charge in [-0.25, -0.2) is 0 Å². The summed E-state index contributed by atoms with van der Waals surface area (Å²) in [5.41, 5.74) is 2.45. The minimum absolute atomic E-state index is 0.135. The van der Waals surface area contributed by atoms with Gasteiger partial charge in [0.2, 0.25) is 5.91 Å². The quantitative estimate of drug-likeness (QED) is 0.860. The molecule has 24 heavy (non-hydrogen) atoms. The minimum atomic E-state index is 0.135. The number of hydrogen-bond acceptors (Lipinski definition) is 3. The average Bonchev–Trinajstić information content (AvgIpc) is 3.28. The zero-order chi connectivity index (χ0) is 16.7. The Labute approximate surface area is 147 Å². The monoisotopic (exact) mass is 341 g/mol. The van der Waals surface area contributed by atoms with Gasteiger partial charge in [0, 0.05) is 36.7 Å². The number of nitrogens with zero attached hydrogens (tertiary/aromatic N) is 3. The Bertz CT molecular complexity index is 729. The van der Waals surface area contributed by atoms with Crippen molar-refractivity contribution in [3.63, 3.8) is 0 Å². The number of hydrogen-bond donors (Lipinski definition) is 0. The summed E-state index contributed by atoms with van der Waals surface area (Å²) < 4.78 is 1.82. The normalized spacial score (nSPS) is 29.5. The standard InChI is InChI=1S/C19H23N3OS/c1-13-18(14-6-4-3-5-7-14)22(8-9-24-13)19(23)17-10-16(17)15-11-20-21(2)12-15/h3-7,11-13,16-18H,8-10H2,1-2H3/t13-,16-,17+,18-/m0/s1. The summed E-state index contributed by atoms with van der Waals surface area (Å²) in [7, 11) is 1.93. The molecule has 5 heteroatoms. The van der Waals surface area contributed by atoms with E-state index < -0.39 is 0 Å². The van der Waals surface area contributed by atoms with Crippen LogP contribution >= 0.6 is 11.8 Å². The van der Waals surface area contributed by atoms with Crippen LogP contribution in [0.3, 0.4) is 0 Å². The fourth-order valence-corrected chi connectivity index (χ4v) is 5.01. The molecule has 4 atom stereocenters. The second-order valence-electron chi connectivity index (χ2n) is 6.86. The van der Waals surface area contributed by atoms with Crippen LogP contribution in [0, 0.1) is 5.92 Å². The van der Waals surface area contributed by atoms with E-state index in [1.54, 1.807) is 0 Å². The fraction of sp³-hybridized carbons (Fsp3) is 0.474. The highest BCUT2D eigenvalue weighted by Gasteiger charge is 2.48. The van der Waals surface area contributed by atoms with Crippen molar-refractivity contribution in [3.05, 3.63) is 53.9 Å². The summed E-state index contributed by atoms with van der Waals surface area (Å²) in [4.78, 5) is 15.3. The van der Waals surface area contributed by atoms with Gasteiger partial charge in [0.1, 0.15) is 0 Å². The van der Waals surface area contributed by atoms with Crippen LogP contribution < -0.4 is 0 Å². The first-order valence-electron chi connectivity index (χ1n) is 8.60. The summed E-state index contributed by atoms with van der Waals surface area (Å²) >= 11 is 1.97. The third-order valence-corrected chi connectivity index (χ3v) is 6.38. The van der Waals surface area contributed by atoms with E-state index in [0.29, 0.717) is 17.1 Å². The molecule has 1 aromatic heterocycles. The van der Waals surface area contributed by atoms with Gasteiger partial charge < -0.3 is 4.90 Å². The highest BCUT2D eigenvalue weighted by molar-refractivity contribution is 8.00. The van der Waals surface area contributed by atoms with E-state index in [2.05, 4.69) is 41.2 Å². The number of amides is 1. The molecule has 0 unspecified atom stereocenters. The highest BCUT2D eigenvalue weighted by atomic mass is 32.2. The number of rotatable bonds is 3. The minimum Gasteiger partial charge on any atom is -0.333 e. The van der Waals surface area contributed by atoms with E-state index in [-0.39, 0.29) is 12.0 Å². The van der Waals surface area contributed by atoms with Crippen LogP contribution in [0.2, 0.25) is 0 Å². The van der Waals surface area contributed by atoms with E-state index in [4.69, 9.17) is 0 Å². The highest BCUT2D eigenvalue weighted by Crippen LogP contribution is 2.50. The van der Waals surface area contributed by atoms with E-state index in [0.717, 1.165) is 18.7 Å². The second-order valence-corrected chi connectivity index (χ2v) is 8.34. The molecule has 1 saturated heterocycles. The third kappa shape index (κ3) is 2.86. The van der Waals surface area contributed by atoms with Crippen LogP contribution in [0.25, 0.3) is 0 Å². The summed E-state index contributed by atoms with van der Waals surface area (Å²) in [5.74, 6) is 1.84. The Balaban J connectivity index is 1.54. The van der Waals surface area contributed by atoms with Gasteiger partial charge in [-0.05, 0) is 23.5 Å².